The monoisotopic (exact) mass is 442 g/mol. The lowest BCUT2D eigenvalue weighted by Gasteiger charge is -2.13. The van der Waals surface area contributed by atoms with E-state index in [-0.39, 0.29) is 11.6 Å². The molecule has 2 amide bonds. The number of fused-ring (bicyclic) bond motifs is 1. The number of hydrogen-bond acceptors (Lipinski definition) is 4. The Morgan fingerprint density at radius 1 is 1.03 bits per heavy atom. The van der Waals surface area contributed by atoms with Crippen molar-refractivity contribution in [2.45, 2.75) is 20.4 Å². The van der Waals surface area contributed by atoms with Crippen molar-refractivity contribution in [1.82, 2.24) is 14.9 Å². The van der Waals surface area contributed by atoms with Crippen molar-refractivity contribution in [2.75, 3.05) is 12.4 Å². The molecule has 4 rings (SSSR count). The summed E-state index contributed by atoms with van der Waals surface area (Å²) < 4.78 is 6.79. The van der Waals surface area contributed by atoms with E-state index in [1.165, 1.54) is 0 Å². The number of anilines is 1. The first-order chi connectivity index (χ1) is 15.9. The molecule has 0 spiro atoms. The van der Waals surface area contributed by atoms with Crippen LogP contribution in [0.2, 0.25) is 0 Å². The first-order valence-corrected chi connectivity index (χ1v) is 10.6. The minimum Gasteiger partial charge on any atom is -0.497 e. The Morgan fingerprint density at radius 2 is 1.79 bits per heavy atom. The van der Waals surface area contributed by atoms with E-state index in [2.05, 4.69) is 15.6 Å². The standard InChI is InChI=1S/C26H26N4O3/c1-16-5-8-20(29-26(32)28-14-18-6-9-21(33-4)10-7-18)13-22(16)23-12-19-15-27-17(2)11-24(19)30(3)25(23)31/h5-13,15H,14H2,1-4H3,(H2,28,29,32). The van der Waals surface area contributed by atoms with Gasteiger partial charge in [-0.25, -0.2) is 4.79 Å². The summed E-state index contributed by atoms with van der Waals surface area (Å²) in [5, 5.41) is 6.58. The van der Waals surface area contributed by atoms with Gasteiger partial charge in [-0.05, 0) is 66.9 Å². The lowest BCUT2D eigenvalue weighted by molar-refractivity contribution is 0.251. The normalized spacial score (nSPS) is 10.8. The van der Waals surface area contributed by atoms with Gasteiger partial charge in [0.15, 0.2) is 0 Å². The van der Waals surface area contributed by atoms with Gasteiger partial charge in [0.05, 0.1) is 12.6 Å². The fourth-order valence-electron chi connectivity index (χ4n) is 3.75. The second kappa shape index (κ2) is 9.16. The highest BCUT2D eigenvalue weighted by Crippen LogP contribution is 2.27. The number of amides is 2. The Hall–Kier alpha value is -4.13. The van der Waals surface area contributed by atoms with Gasteiger partial charge in [-0.1, -0.05) is 18.2 Å². The van der Waals surface area contributed by atoms with Crippen LogP contribution < -0.4 is 20.9 Å². The molecule has 0 saturated heterocycles. The average Bonchev–Trinajstić information content (AvgIpc) is 2.82. The third-order valence-electron chi connectivity index (χ3n) is 5.64. The predicted octanol–water partition coefficient (Wildman–Crippen LogP) is 4.55. The summed E-state index contributed by atoms with van der Waals surface area (Å²) in [6, 6.07) is 16.5. The molecule has 0 bridgehead atoms. The maximum absolute atomic E-state index is 13.1. The van der Waals surface area contributed by atoms with Crippen LogP contribution in [-0.4, -0.2) is 22.7 Å². The Labute approximate surface area is 192 Å². The van der Waals surface area contributed by atoms with Crippen LogP contribution in [0.3, 0.4) is 0 Å². The van der Waals surface area contributed by atoms with Gasteiger partial charge < -0.3 is 19.9 Å². The van der Waals surface area contributed by atoms with Gasteiger partial charge >= 0.3 is 6.03 Å². The number of rotatable bonds is 5. The molecule has 0 fully saturated rings. The van der Waals surface area contributed by atoms with Crippen molar-refractivity contribution < 1.29 is 9.53 Å². The number of urea groups is 1. The summed E-state index contributed by atoms with van der Waals surface area (Å²) in [6.45, 7) is 4.23. The molecule has 0 atom stereocenters. The zero-order chi connectivity index (χ0) is 23.5. The number of aromatic nitrogens is 2. The van der Waals surface area contributed by atoms with Gasteiger partial charge in [0, 0.05) is 42.1 Å². The number of ether oxygens (including phenoxy) is 1. The summed E-state index contributed by atoms with van der Waals surface area (Å²) in [5.41, 5.74) is 5.43. The first-order valence-electron chi connectivity index (χ1n) is 10.6. The molecule has 2 N–H and O–H groups in total. The third kappa shape index (κ3) is 4.72. The summed E-state index contributed by atoms with van der Waals surface area (Å²) in [6.07, 6.45) is 1.78. The summed E-state index contributed by atoms with van der Waals surface area (Å²) in [7, 11) is 3.37. The average molecular weight is 443 g/mol. The second-order valence-electron chi connectivity index (χ2n) is 7.99. The van der Waals surface area contributed by atoms with Crippen LogP contribution in [0.4, 0.5) is 10.5 Å². The van der Waals surface area contributed by atoms with E-state index in [4.69, 9.17) is 4.74 Å². The topological polar surface area (TPSA) is 85.2 Å². The molecule has 0 aliphatic carbocycles. The number of benzene rings is 2. The van der Waals surface area contributed by atoms with Crippen molar-refractivity contribution >= 4 is 22.6 Å². The van der Waals surface area contributed by atoms with E-state index >= 15 is 0 Å². The Balaban J connectivity index is 1.56. The van der Waals surface area contributed by atoms with Gasteiger partial charge in [0.25, 0.3) is 5.56 Å². The van der Waals surface area contributed by atoms with E-state index < -0.39 is 0 Å². The van der Waals surface area contributed by atoms with E-state index in [1.54, 1.807) is 24.9 Å². The molecule has 168 valence electrons. The number of hydrogen-bond donors (Lipinski definition) is 2. The van der Waals surface area contributed by atoms with Gasteiger partial charge in [-0.3, -0.25) is 9.78 Å². The number of pyridine rings is 2. The minimum atomic E-state index is -0.327. The largest absolute Gasteiger partial charge is 0.497 e. The van der Waals surface area contributed by atoms with E-state index in [0.717, 1.165) is 39.0 Å². The molecule has 0 saturated carbocycles. The molecular formula is C26H26N4O3. The van der Waals surface area contributed by atoms with E-state index in [0.29, 0.717) is 17.8 Å². The zero-order valence-electron chi connectivity index (χ0n) is 19.1. The van der Waals surface area contributed by atoms with Crippen LogP contribution in [-0.2, 0) is 13.6 Å². The molecule has 0 aliphatic rings. The zero-order valence-corrected chi connectivity index (χ0v) is 19.1. The third-order valence-corrected chi connectivity index (χ3v) is 5.64. The van der Waals surface area contributed by atoms with E-state index in [9.17, 15) is 9.59 Å². The molecule has 7 nitrogen and oxygen atoms in total. The maximum atomic E-state index is 13.1. The molecule has 2 heterocycles. The molecule has 2 aromatic carbocycles. The van der Waals surface area contributed by atoms with Gasteiger partial charge in [0.1, 0.15) is 5.75 Å². The van der Waals surface area contributed by atoms with Crippen LogP contribution in [0.25, 0.3) is 22.0 Å². The first kappa shape index (κ1) is 22.1. The fourth-order valence-corrected chi connectivity index (χ4v) is 3.75. The number of nitrogens with zero attached hydrogens (tertiary/aromatic N) is 2. The lowest BCUT2D eigenvalue weighted by Crippen LogP contribution is -2.28. The van der Waals surface area contributed by atoms with Gasteiger partial charge in [0.2, 0.25) is 0 Å². The molecule has 7 heteroatoms. The van der Waals surface area contributed by atoms with Crippen molar-refractivity contribution in [3.63, 3.8) is 0 Å². The van der Waals surface area contributed by atoms with Crippen LogP contribution in [0.1, 0.15) is 16.8 Å². The lowest BCUT2D eigenvalue weighted by atomic mass is 9.99. The number of nitrogens with one attached hydrogen (secondary N) is 2. The second-order valence-corrected chi connectivity index (χ2v) is 7.99. The molecule has 0 radical (unpaired) electrons. The highest BCUT2D eigenvalue weighted by Gasteiger charge is 2.13. The SMILES string of the molecule is COc1ccc(CNC(=O)Nc2ccc(C)c(-c3cc4cnc(C)cc4n(C)c3=O)c2)cc1. The summed E-state index contributed by atoms with van der Waals surface area (Å²) in [5.74, 6) is 0.765. The van der Waals surface area contributed by atoms with Crippen LogP contribution in [0.5, 0.6) is 5.75 Å². The van der Waals surface area contributed by atoms with Crippen molar-refractivity contribution in [2.24, 2.45) is 7.05 Å². The Morgan fingerprint density at radius 3 is 2.52 bits per heavy atom. The van der Waals surface area contributed by atoms with E-state index in [1.807, 2.05) is 68.4 Å². The van der Waals surface area contributed by atoms with Gasteiger partial charge in [-0.15, -0.1) is 0 Å². The highest BCUT2D eigenvalue weighted by atomic mass is 16.5. The molecule has 33 heavy (non-hydrogen) atoms. The maximum Gasteiger partial charge on any atom is 0.319 e. The smallest absolute Gasteiger partial charge is 0.319 e. The molecular weight excluding hydrogens is 416 g/mol. The van der Waals surface area contributed by atoms with Crippen molar-refractivity contribution in [3.05, 3.63) is 88.0 Å². The van der Waals surface area contributed by atoms with Gasteiger partial charge in [-0.2, -0.15) is 0 Å². The Kier molecular flexibility index (Phi) is 6.13. The van der Waals surface area contributed by atoms with Crippen LogP contribution in [0.15, 0.2) is 65.6 Å². The minimum absolute atomic E-state index is 0.0997. The number of aryl methyl sites for hydroxylation is 3. The van der Waals surface area contributed by atoms with Crippen LogP contribution >= 0.6 is 0 Å². The van der Waals surface area contributed by atoms with Crippen molar-refractivity contribution in [1.29, 1.82) is 0 Å². The molecule has 0 unspecified atom stereocenters. The van der Waals surface area contributed by atoms with Crippen molar-refractivity contribution in [3.8, 4) is 16.9 Å². The van der Waals surface area contributed by atoms with Crippen LogP contribution in [0, 0.1) is 13.8 Å². The number of carbonyl (C=O) groups is 1. The fraction of sp³-hybridized carbons (Fsp3) is 0.192. The predicted molar refractivity (Wildman–Crippen MR) is 131 cm³/mol. The number of carbonyl (C=O) groups excluding carboxylic acids is 1. The molecule has 4 aromatic rings. The highest BCUT2D eigenvalue weighted by molar-refractivity contribution is 5.91. The summed E-state index contributed by atoms with van der Waals surface area (Å²) in [4.78, 5) is 29.9. The quantitative estimate of drug-likeness (QED) is 0.475. The number of methoxy groups -OCH3 is 1. The summed E-state index contributed by atoms with van der Waals surface area (Å²) >= 11 is 0. The molecule has 2 aromatic heterocycles. The Bertz CT molecular complexity index is 1390. The molecule has 0 aliphatic heterocycles.